The third-order valence-electron chi connectivity index (χ3n) is 2.40. The van der Waals surface area contributed by atoms with Gasteiger partial charge in [0.2, 0.25) is 5.91 Å². The number of rotatable bonds is 4. The predicted molar refractivity (Wildman–Crippen MR) is 54.2 cm³/mol. The number of nitrogens with one attached hydrogen (secondary N) is 1. The van der Waals surface area contributed by atoms with Gasteiger partial charge in [0.15, 0.2) is 5.52 Å². The van der Waals surface area contributed by atoms with Gasteiger partial charge in [-0.3, -0.25) is 9.59 Å². The molecule has 0 radical (unpaired) electrons. The summed E-state index contributed by atoms with van der Waals surface area (Å²) < 4.78 is 0. The molecule has 0 aromatic rings. The Kier molecular flexibility index (Phi) is 2.87. The first kappa shape index (κ1) is 10.4. The molecule has 0 aromatic heterocycles. The average molecular weight is 199 g/mol. The second-order valence-electron chi connectivity index (χ2n) is 3.44. The van der Waals surface area contributed by atoms with Crippen LogP contribution in [-0.2, 0) is 9.59 Å². The molecule has 1 aliphatic rings. The van der Waals surface area contributed by atoms with Crippen molar-refractivity contribution < 1.29 is 9.59 Å². The predicted octanol–water partition coefficient (Wildman–Crippen LogP) is 0.859. The first-order chi connectivity index (χ1) is 6.03. The van der Waals surface area contributed by atoms with Gasteiger partial charge in [-0.1, -0.05) is 15.3 Å². The summed E-state index contributed by atoms with van der Waals surface area (Å²) in [4.78, 5) is 22.1. The van der Waals surface area contributed by atoms with Crippen molar-refractivity contribution in [3.05, 3.63) is 12.7 Å². The molecule has 72 valence electrons. The van der Waals surface area contributed by atoms with Crippen molar-refractivity contribution in [1.29, 1.82) is 0 Å². The Hall–Kier alpha value is -0.690. The van der Waals surface area contributed by atoms with Gasteiger partial charge >= 0.3 is 0 Å². The van der Waals surface area contributed by atoms with Crippen molar-refractivity contribution in [2.75, 3.05) is 0 Å². The van der Waals surface area contributed by atoms with Crippen LogP contribution in [0.25, 0.3) is 0 Å². The molecule has 0 bridgehead atoms. The maximum atomic E-state index is 11.3. The van der Waals surface area contributed by atoms with Crippen LogP contribution in [0.1, 0.15) is 19.8 Å². The van der Waals surface area contributed by atoms with Crippen LogP contribution in [0.2, 0.25) is 0 Å². The van der Waals surface area contributed by atoms with Crippen molar-refractivity contribution >= 4 is 20.7 Å². The zero-order valence-electron chi connectivity index (χ0n) is 7.67. The van der Waals surface area contributed by atoms with Gasteiger partial charge in [0, 0.05) is 6.92 Å². The number of hydrogen-bond donors (Lipinski definition) is 1. The highest BCUT2D eigenvalue weighted by Crippen LogP contribution is 2.48. The van der Waals surface area contributed by atoms with Crippen molar-refractivity contribution in [2.45, 2.75) is 25.3 Å². The Labute approximate surface area is 80.2 Å². The smallest absolute Gasteiger partial charge is 0.217 e. The van der Waals surface area contributed by atoms with Crippen LogP contribution in [0.5, 0.6) is 0 Å². The fourth-order valence-corrected chi connectivity index (χ4v) is 2.07. The standard InChI is InChI=1S/C9H14NO2P/c1-3-4-7-5-9(7,8(12)13)10-6(2)11/h3,7H,1,4-5,13H2,2H3,(H,10,11). The molecule has 3 atom stereocenters. The van der Waals surface area contributed by atoms with E-state index in [0.29, 0.717) is 0 Å². The van der Waals surface area contributed by atoms with Gasteiger partial charge in [-0.25, -0.2) is 0 Å². The van der Waals surface area contributed by atoms with Crippen LogP contribution in [0.3, 0.4) is 0 Å². The molecule has 4 heteroatoms. The summed E-state index contributed by atoms with van der Waals surface area (Å²) in [6.07, 6.45) is 3.29. The van der Waals surface area contributed by atoms with E-state index in [1.807, 2.05) is 0 Å². The molecule has 3 nitrogen and oxygen atoms in total. The zero-order valence-corrected chi connectivity index (χ0v) is 8.82. The highest BCUT2D eigenvalue weighted by Gasteiger charge is 2.57. The molecule has 1 N–H and O–H groups in total. The molecule has 1 saturated carbocycles. The lowest BCUT2D eigenvalue weighted by Gasteiger charge is -2.13. The first-order valence-electron chi connectivity index (χ1n) is 4.22. The monoisotopic (exact) mass is 199 g/mol. The zero-order chi connectivity index (χ0) is 10.1. The number of carbonyl (C=O) groups excluding carboxylic acids is 2. The Morgan fingerprint density at radius 2 is 2.38 bits per heavy atom. The van der Waals surface area contributed by atoms with Gasteiger partial charge in [-0.2, -0.15) is 0 Å². The van der Waals surface area contributed by atoms with E-state index in [0.717, 1.165) is 12.8 Å². The molecule has 1 amide bonds. The molecule has 0 heterocycles. The minimum absolute atomic E-state index is 0.0328. The second-order valence-corrected chi connectivity index (χ2v) is 3.97. The van der Waals surface area contributed by atoms with Gasteiger partial charge in [0.05, 0.1) is 0 Å². The summed E-state index contributed by atoms with van der Waals surface area (Å²) in [6, 6.07) is 0. The van der Waals surface area contributed by atoms with Crippen molar-refractivity contribution in [2.24, 2.45) is 5.92 Å². The fraction of sp³-hybridized carbons (Fsp3) is 0.556. The lowest BCUT2D eigenvalue weighted by Crippen LogP contribution is -2.41. The SMILES string of the molecule is C=CCC1CC1(NC(C)=O)C(=O)P. The van der Waals surface area contributed by atoms with E-state index in [-0.39, 0.29) is 17.3 Å². The molecular formula is C9H14NO2P. The molecule has 1 rings (SSSR count). The minimum Gasteiger partial charge on any atom is -0.343 e. The number of hydrogen-bond acceptors (Lipinski definition) is 2. The van der Waals surface area contributed by atoms with E-state index < -0.39 is 5.54 Å². The topological polar surface area (TPSA) is 46.2 Å². The molecule has 13 heavy (non-hydrogen) atoms. The Morgan fingerprint density at radius 1 is 1.77 bits per heavy atom. The maximum absolute atomic E-state index is 11.3. The Balaban J connectivity index is 2.65. The lowest BCUT2D eigenvalue weighted by atomic mass is 10.2. The van der Waals surface area contributed by atoms with Crippen LogP contribution in [0.4, 0.5) is 0 Å². The Morgan fingerprint density at radius 3 is 2.77 bits per heavy atom. The quantitative estimate of drug-likeness (QED) is 0.539. The average Bonchev–Trinajstić information content (AvgIpc) is 2.63. The second kappa shape index (κ2) is 3.59. The number of carbonyl (C=O) groups is 2. The molecular weight excluding hydrogens is 185 g/mol. The normalized spacial score (nSPS) is 30.8. The third kappa shape index (κ3) is 1.97. The van der Waals surface area contributed by atoms with E-state index in [1.165, 1.54) is 6.92 Å². The van der Waals surface area contributed by atoms with Crippen LogP contribution in [0, 0.1) is 5.92 Å². The number of amides is 1. The van der Waals surface area contributed by atoms with Gasteiger partial charge in [0.25, 0.3) is 0 Å². The molecule has 3 unspecified atom stereocenters. The van der Waals surface area contributed by atoms with Crippen LogP contribution in [-0.4, -0.2) is 17.0 Å². The van der Waals surface area contributed by atoms with E-state index in [4.69, 9.17) is 0 Å². The molecule has 0 saturated heterocycles. The van der Waals surface area contributed by atoms with E-state index in [1.54, 1.807) is 6.08 Å². The van der Waals surface area contributed by atoms with Gasteiger partial charge in [0.1, 0.15) is 5.54 Å². The highest BCUT2D eigenvalue weighted by molar-refractivity contribution is 7.40. The molecule has 0 aromatic carbocycles. The fourth-order valence-electron chi connectivity index (χ4n) is 1.65. The van der Waals surface area contributed by atoms with Gasteiger partial charge in [-0.15, -0.1) is 6.58 Å². The summed E-state index contributed by atoms with van der Waals surface area (Å²) in [5.74, 6) is 0.0845. The largest absolute Gasteiger partial charge is 0.343 e. The third-order valence-corrected chi connectivity index (χ3v) is 2.91. The minimum atomic E-state index is -0.606. The van der Waals surface area contributed by atoms with Crippen molar-refractivity contribution in [3.8, 4) is 0 Å². The summed E-state index contributed by atoms with van der Waals surface area (Å²) in [5, 5.41) is 2.71. The van der Waals surface area contributed by atoms with Crippen LogP contribution < -0.4 is 5.32 Å². The molecule has 1 fully saturated rings. The summed E-state index contributed by atoms with van der Waals surface area (Å²) in [5.41, 5.74) is -0.639. The van der Waals surface area contributed by atoms with E-state index in [9.17, 15) is 9.59 Å². The summed E-state index contributed by atoms with van der Waals surface area (Å²) >= 11 is 0. The van der Waals surface area contributed by atoms with E-state index >= 15 is 0 Å². The van der Waals surface area contributed by atoms with Crippen molar-refractivity contribution in [1.82, 2.24) is 5.32 Å². The summed E-state index contributed by atoms with van der Waals surface area (Å²) in [7, 11) is 2.14. The van der Waals surface area contributed by atoms with Crippen molar-refractivity contribution in [3.63, 3.8) is 0 Å². The van der Waals surface area contributed by atoms with Crippen LogP contribution in [0.15, 0.2) is 12.7 Å². The first-order valence-corrected chi connectivity index (χ1v) is 4.80. The lowest BCUT2D eigenvalue weighted by molar-refractivity contribution is -0.124. The van der Waals surface area contributed by atoms with Crippen LogP contribution >= 0.6 is 9.24 Å². The maximum Gasteiger partial charge on any atom is 0.217 e. The molecule has 1 aliphatic carbocycles. The van der Waals surface area contributed by atoms with E-state index in [2.05, 4.69) is 21.1 Å². The molecule has 0 spiro atoms. The van der Waals surface area contributed by atoms with Gasteiger partial charge < -0.3 is 5.32 Å². The van der Waals surface area contributed by atoms with Gasteiger partial charge in [-0.05, 0) is 18.8 Å². The Bertz CT molecular complexity index is 264. The summed E-state index contributed by atoms with van der Waals surface area (Å²) in [6.45, 7) is 5.04. The molecule has 0 aliphatic heterocycles. The highest BCUT2D eigenvalue weighted by atomic mass is 31.0. The number of allylic oxidation sites excluding steroid dienone is 1.